The Hall–Kier alpha value is -1.58. The van der Waals surface area contributed by atoms with E-state index < -0.39 is 0 Å². The van der Waals surface area contributed by atoms with E-state index in [1.54, 1.807) is 0 Å². The highest BCUT2D eigenvalue weighted by molar-refractivity contribution is 5.70. The zero-order valence-electron chi connectivity index (χ0n) is 17.6. The second-order valence-electron chi connectivity index (χ2n) is 7.78. The van der Waals surface area contributed by atoms with Crippen molar-refractivity contribution < 1.29 is 19.1 Å². The van der Waals surface area contributed by atoms with Crippen molar-refractivity contribution in [2.75, 3.05) is 13.2 Å². The van der Waals surface area contributed by atoms with Gasteiger partial charge in [0, 0.05) is 12.8 Å². The van der Waals surface area contributed by atoms with Crippen LogP contribution in [-0.2, 0) is 19.1 Å². The summed E-state index contributed by atoms with van der Waals surface area (Å²) in [5.41, 5.74) is 2.60. The summed E-state index contributed by atoms with van der Waals surface area (Å²) in [7, 11) is 0. The summed E-state index contributed by atoms with van der Waals surface area (Å²) in [4.78, 5) is 23.5. The molecule has 0 rings (SSSR count). The Kier molecular flexibility index (Phi) is 13.7. The van der Waals surface area contributed by atoms with E-state index in [2.05, 4.69) is 53.7 Å². The average Bonchev–Trinajstić information content (AvgIpc) is 2.50. The van der Waals surface area contributed by atoms with Gasteiger partial charge in [0.2, 0.25) is 0 Å². The van der Waals surface area contributed by atoms with Crippen LogP contribution in [0.25, 0.3) is 0 Å². The molecule has 0 heterocycles. The first-order valence-electron chi connectivity index (χ1n) is 9.78. The predicted octanol–water partition coefficient (Wildman–Crippen LogP) is 5.62. The number of ether oxygens (including phenoxy) is 2. The molecule has 4 nitrogen and oxygen atoms in total. The van der Waals surface area contributed by atoms with E-state index in [0.29, 0.717) is 24.7 Å². The summed E-state index contributed by atoms with van der Waals surface area (Å²) in [6, 6.07) is 0. The van der Waals surface area contributed by atoms with Gasteiger partial charge in [0.1, 0.15) is 13.2 Å². The lowest BCUT2D eigenvalue weighted by molar-refractivity contribution is -0.153. The maximum atomic E-state index is 11.8. The number of hydrogen-bond donors (Lipinski definition) is 0. The largest absolute Gasteiger partial charge is 0.462 e. The third kappa shape index (κ3) is 15.9. The molecule has 2 atom stereocenters. The van der Waals surface area contributed by atoms with Gasteiger partial charge < -0.3 is 9.47 Å². The van der Waals surface area contributed by atoms with Crippen molar-refractivity contribution in [1.29, 1.82) is 0 Å². The smallest absolute Gasteiger partial charge is 0.306 e. The maximum Gasteiger partial charge on any atom is 0.306 e. The molecule has 0 bridgehead atoms. The summed E-state index contributed by atoms with van der Waals surface area (Å²) in [5.74, 6) is 0.145. The molecule has 0 N–H and O–H groups in total. The van der Waals surface area contributed by atoms with Crippen LogP contribution in [0.2, 0.25) is 0 Å². The zero-order chi connectivity index (χ0) is 19.9. The monoisotopic (exact) mass is 366 g/mol. The minimum absolute atomic E-state index is 0.136. The van der Waals surface area contributed by atoms with Gasteiger partial charge in [-0.05, 0) is 65.2 Å². The van der Waals surface area contributed by atoms with E-state index in [0.717, 1.165) is 25.7 Å². The Balaban J connectivity index is 3.77. The highest BCUT2D eigenvalue weighted by Gasteiger charge is 2.12. The van der Waals surface area contributed by atoms with Crippen LogP contribution in [0.3, 0.4) is 0 Å². The molecular formula is C22H38O4. The molecular weight excluding hydrogens is 328 g/mol. The summed E-state index contributed by atoms with van der Waals surface area (Å²) in [6.45, 7) is 12.7. The van der Waals surface area contributed by atoms with Crippen molar-refractivity contribution in [3.05, 3.63) is 23.3 Å². The standard InChI is InChI=1S/C22H38O4/c1-17(2)9-7-11-19(5)15-21(23)25-13-14-26-22(24)16-20(6)12-8-10-18(3)4/h9-10,19-20H,7-8,11-16H2,1-6H3. The quantitative estimate of drug-likeness (QED) is 0.241. The number of rotatable bonds is 13. The van der Waals surface area contributed by atoms with Gasteiger partial charge in [0.05, 0.1) is 0 Å². The maximum absolute atomic E-state index is 11.8. The molecule has 0 amide bonds. The lowest BCUT2D eigenvalue weighted by Gasteiger charge is -2.12. The number of hydrogen-bond acceptors (Lipinski definition) is 4. The van der Waals surface area contributed by atoms with Crippen LogP contribution in [0.1, 0.15) is 80.1 Å². The summed E-state index contributed by atoms with van der Waals surface area (Å²) < 4.78 is 10.3. The lowest BCUT2D eigenvalue weighted by Crippen LogP contribution is -2.16. The first kappa shape index (κ1) is 24.4. The Bertz CT molecular complexity index is 425. The fraction of sp³-hybridized carbons (Fsp3) is 0.727. The molecule has 0 aliphatic rings. The topological polar surface area (TPSA) is 52.6 Å². The van der Waals surface area contributed by atoms with Crippen LogP contribution in [0.5, 0.6) is 0 Å². The van der Waals surface area contributed by atoms with Crippen LogP contribution in [0.15, 0.2) is 23.3 Å². The van der Waals surface area contributed by atoms with Crippen molar-refractivity contribution in [3.8, 4) is 0 Å². The van der Waals surface area contributed by atoms with Gasteiger partial charge in [-0.2, -0.15) is 0 Å². The molecule has 4 heteroatoms. The fourth-order valence-electron chi connectivity index (χ4n) is 2.52. The van der Waals surface area contributed by atoms with E-state index in [1.165, 1.54) is 11.1 Å². The summed E-state index contributed by atoms with van der Waals surface area (Å²) in [5, 5.41) is 0. The van der Waals surface area contributed by atoms with E-state index in [1.807, 2.05) is 0 Å². The van der Waals surface area contributed by atoms with Gasteiger partial charge in [-0.1, -0.05) is 37.1 Å². The number of allylic oxidation sites excluding steroid dienone is 4. The third-order valence-electron chi connectivity index (χ3n) is 4.06. The first-order valence-corrected chi connectivity index (χ1v) is 9.78. The molecule has 26 heavy (non-hydrogen) atoms. The second-order valence-corrected chi connectivity index (χ2v) is 7.78. The van der Waals surface area contributed by atoms with Crippen molar-refractivity contribution in [2.24, 2.45) is 11.8 Å². The molecule has 0 fully saturated rings. The molecule has 0 aliphatic carbocycles. The van der Waals surface area contributed by atoms with Gasteiger partial charge in [-0.3, -0.25) is 9.59 Å². The zero-order valence-corrected chi connectivity index (χ0v) is 17.6. The van der Waals surface area contributed by atoms with E-state index in [-0.39, 0.29) is 25.2 Å². The lowest BCUT2D eigenvalue weighted by atomic mass is 10.0. The average molecular weight is 367 g/mol. The van der Waals surface area contributed by atoms with Crippen LogP contribution in [0, 0.1) is 11.8 Å². The predicted molar refractivity (Wildman–Crippen MR) is 107 cm³/mol. The van der Waals surface area contributed by atoms with E-state index in [9.17, 15) is 9.59 Å². The minimum atomic E-state index is -0.221. The molecule has 0 aliphatic heterocycles. The molecule has 0 saturated carbocycles. The second kappa shape index (κ2) is 14.6. The van der Waals surface area contributed by atoms with E-state index in [4.69, 9.17) is 9.47 Å². The van der Waals surface area contributed by atoms with Crippen molar-refractivity contribution >= 4 is 11.9 Å². The molecule has 2 unspecified atom stereocenters. The van der Waals surface area contributed by atoms with Crippen molar-refractivity contribution in [2.45, 2.75) is 80.1 Å². The van der Waals surface area contributed by atoms with Crippen LogP contribution < -0.4 is 0 Å². The number of esters is 2. The highest BCUT2D eigenvalue weighted by Crippen LogP contribution is 2.14. The molecule has 0 spiro atoms. The molecule has 150 valence electrons. The van der Waals surface area contributed by atoms with Gasteiger partial charge >= 0.3 is 11.9 Å². The van der Waals surface area contributed by atoms with Crippen molar-refractivity contribution in [1.82, 2.24) is 0 Å². The highest BCUT2D eigenvalue weighted by atomic mass is 16.6. The fourth-order valence-corrected chi connectivity index (χ4v) is 2.52. The summed E-state index contributed by atoms with van der Waals surface area (Å²) in [6.07, 6.45) is 9.10. The minimum Gasteiger partial charge on any atom is -0.462 e. The van der Waals surface area contributed by atoms with Gasteiger partial charge in [-0.15, -0.1) is 0 Å². The van der Waals surface area contributed by atoms with Gasteiger partial charge in [0.15, 0.2) is 0 Å². The Morgan fingerprint density at radius 2 is 1.08 bits per heavy atom. The Labute approximate surface area is 160 Å². The molecule has 0 aromatic rings. The summed E-state index contributed by atoms with van der Waals surface area (Å²) >= 11 is 0. The van der Waals surface area contributed by atoms with Crippen LogP contribution in [-0.4, -0.2) is 25.2 Å². The molecule has 0 saturated heterocycles. The Morgan fingerprint density at radius 3 is 1.38 bits per heavy atom. The molecule has 0 aromatic heterocycles. The first-order chi connectivity index (χ1) is 12.2. The van der Waals surface area contributed by atoms with Crippen LogP contribution in [0.4, 0.5) is 0 Å². The number of carbonyl (C=O) groups is 2. The molecule has 0 radical (unpaired) electrons. The van der Waals surface area contributed by atoms with E-state index >= 15 is 0 Å². The van der Waals surface area contributed by atoms with Gasteiger partial charge in [0.25, 0.3) is 0 Å². The molecule has 0 aromatic carbocycles. The van der Waals surface area contributed by atoms with Crippen molar-refractivity contribution in [3.63, 3.8) is 0 Å². The SMILES string of the molecule is CC(C)=CCCC(C)CC(=O)OCCOC(=O)CC(C)CCC=C(C)C. The Morgan fingerprint density at radius 1 is 0.731 bits per heavy atom. The third-order valence-corrected chi connectivity index (χ3v) is 4.06. The van der Waals surface area contributed by atoms with Gasteiger partial charge in [-0.25, -0.2) is 0 Å². The normalized spacial score (nSPS) is 12.7. The van der Waals surface area contributed by atoms with Crippen LogP contribution >= 0.6 is 0 Å². The number of carbonyl (C=O) groups excluding carboxylic acids is 2.